The van der Waals surface area contributed by atoms with Crippen molar-refractivity contribution in [2.75, 3.05) is 5.32 Å². The van der Waals surface area contributed by atoms with E-state index < -0.39 is 5.97 Å². The number of hydrogen-bond acceptors (Lipinski definition) is 3. The van der Waals surface area contributed by atoms with Gasteiger partial charge in [0.2, 0.25) is 5.91 Å². The Bertz CT molecular complexity index is 622. The number of aryl methyl sites for hydroxylation is 1. The lowest BCUT2D eigenvalue weighted by molar-refractivity contribution is -0.116. The molecule has 0 spiro atoms. The smallest absolute Gasteiger partial charge is 0.345 e. The molecule has 1 amide bonds. The monoisotopic (exact) mass is 293 g/mol. The van der Waals surface area contributed by atoms with E-state index in [1.54, 1.807) is 18.2 Å². The molecule has 1 heterocycles. The number of nitrogens with one attached hydrogen (secondary N) is 1. The highest BCUT2D eigenvalue weighted by Gasteiger charge is 2.09. The molecule has 0 fully saturated rings. The Hall–Kier alpha value is -2.21. The molecule has 2 N–H and O–H groups in total. The number of amides is 1. The van der Waals surface area contributed by atoms with Gasteiger partial charge in [0.1, 0.15) is 10.7 Å². The Morgan fingerprint density at radius 2 is 1.85 bits per heavy atom. The first-order valence-corrected chi connectivity index (χ1v) is 6.73. The largest absolute Gasteiger partial charge is 0.477 e. The fourth-order valence-corrected chi connectivity index (χ4v) is 2.39. The maximum absolute atomic E-state index is 12.7. The number of halogens is 1. The summed E-state index contributed by atoms with van der Waals surface area (Å²) in [5.41, 5.74) is 0.874. The Morgan fingerprint density at radius 3 is 2.45 bits per heavy atom. The normalized spacial score (nSPS) is 10.2. The third kappa shape index (κ3) is 3.89. The molecule has 0 aliphatic carbocycles. The number of carboxylic acid groups (broad SMARTS) is 1. The minimum Gasteiger partial charge on any atom is -0.477 e. The molecule has 2 aromatic rings. The zero-order valence-corrected chi connectivity index (χ0v) is 11.2. The van der Waals surface area contributed by atoms with Gasteiger partial charge in [-0.05, 0) is 36.2 Å². The molecule has 0 unspecified atom stereocenters. The zero-order valence-electron chi connectivity index (χ0n) is 10.4. The number of hydrogen-bond donors (Lipinski definition) is 2. The summed E-state index contributed by atoms with van der Waals surface area (Å²) >= 11 is 1.01. The van der Waals surface area contributed by atoms with Crippen molar-refractivity contribution >= 4 is 28.2 Å². The number of carbonyl (C=O) groups excluding carboxylic acids is 1. The lowest BCUT2D eigenvalue weighted by Crippen LogP contribution is -2.11. The van der Waals surface area contributed by atoms with Crippen molar-refractivity contribution in [3.8, 4) is 0 Å². The fraction of sp³-hybridized carbons (Fsp3) is 0.143. The van der Waals surface area contributed by atoms with Crippen LogP contribution in [0.1, 0.15) is 21.7 Å². The van der Waals surface area contributed by atoms with Gasteiger partial charge in [-0.3, -0.25) is 4.79 Å². The van der Waals surface area contributed by atoms with E-state index >= 15 is 0 Å². The summed E-state index contributed by atoms with van der Waals surface area (Å²) in [6, 6.07) is 8.98. The lowest BCUT2D eigenvalue weighted by atomic mass is 10.1. The Balaban J connectivity index is 1.85. The fourth-order valence-electron chi connectivity index (χ4n) is 1.63. The van der Waals surface area contributed by atoms with Crippen LogP contribution in [-0.4, -0.2) is 17.0 Å². The standard InChI is InChI=1S/C14H12FNO3S/c15-10-4-1-9(2-5-10)3-7-12(17)16-13-8-6-11(20-13)14(18)19/h1-2,4-6,8H,3,7H2,(H,16,17)(H,18,19). The van der Waals surface area contributed by atoms with E-state index in [4.69, 9.17) is 5.11 Å². The van der Waals surface area contributed by atoms with Crippen LogP contribution in [0.4, 0.5) is 9.39 Å². The van der Waals surface area contributed by atoms with Gasteiger partial charge in [0, 0.05) is 6.42 Å². The van der Waals surface area contributed by atoms with Crippen LogP contribution in [0.2, 0.25) is 0 Å². The van der Waals surface area contributed by atoms with Gasteiger partial charge < -0.3 is 10.4 Å². The van der Waals surface area contributed by atoms with Gasteiger partial charge >= 0.3 is 5.97 Å². The quantitative estimate of drug-likeness (QED) is 0.890. The summed E-state index contributed by atoms with van der Waals surface area (Å²) in [4.78, 5) is 22.6. The second kappa shape index (κ2) is 6.29. The highest BCUT2D eigenvalue weighted by molar-refractivity contribution is 7.18. The van der Waals surface area contributed by atoms with Crippen LogP contribution in [0.25, 0.3) is 0 Å². The molecule has 20 heavy (non-hydrogen) atoms. The van der Waals surface area contributed by atoms with Crippen LogP contribution in [0, 0.1) is 5.82 Å². The number of benzene rings is 1. The molecule has 1 aromatic heterocycles. The van der Waals surface area contributed by atoms with Gasteiger partial charge in [0.15, 0.2) is 0 Å². The molecule has 6 heteroatoms. The first-order valence-electron chi connectivity index (χ1n) is 5.92. The van der Waals surface area contributed by atoms with Crippen LogP contribution < -0.4 is 5.32 Å². The van der Waals surface area contributed by atoms with Gasteiger partial charge in [0.25, 0.3) is 0 Å². The van der Waals surface area contributed by atoms with Crippen LogP contribution >= 0.6 is 11.3 Å². The summed E-state index contributed by atoms with van der Waals surface area (Å²) in [5, 5.41) is 11.9. The molecule has 0 saturated carbocycles. The van der Waals surface area contributed by atoms with E-state index in [0.717, 1.165) is 16.9 Å². The van der Waals surface area contributed by atoms with E-state index in [9.17, 15) is 14.0 Å². The van der Waals surface area contributed by atoms with Crippen molar-refractivity contribution in [1.82, 2.24) is 0 Å². The van der Waals surface area contributed by atoms with Crippen LogP contribution in [0.15, 0.2) is 36.4 Å². The average Bonchev–Trinajstić information content (AvgIpc) is 2.87. The molecule has 104 valence electrons. The second-order valence-corrected chi connectivity index (χ2v) is 5.23. The van der Waals surface area contributed by atoms with Gasteiger partial charge in [-0.15, -0.1) is 11.3 Å². The third-order valence-corrected chi connectivity index (χ3v) is 3.62. The summed E-state index contributed by atoms with van der Waals surface area (Å²) in [7, 11) is 0. The van der Waals surface area contributed by atoms with Crippen LogP contribution in [-0.2, 0) is 11.2 Å². The molecule has 0 radical (unpaired) electrons. The molecule has 0 aliphatic rings. The van der Waals surface area contributed by atoms with E-state index in [2.05, 4.69) is 5.32 Å². The molecule has 4 nitrogen and oxygen atoms in total. The van der Waals surface area contributed by atoms with E-state index in [1.165, 1.54) is 18.2 Å². The molecular formula is C14H12FNO3S. The number of thiophene rings is 1. The van der Waals surface area contributed by atoms with Crippen molar-refractivity contribution in [3.05, 3.63) is 52.7 Å². The molecule has 2 rings (SSSR count). The Labute approximate surface area is 118 Å². The second-order valence-electron chi connectivity index (χ2n) is 4.14. The van der Waals surface area contributed by atoms with Gasteiger partial charge in [0.05, 0.1) is 5.00 Å². The molecule has 1 aromatic carbocycles. The lowest BCUT2D eigenvalue weighted by Gasteiger charge is -2.03. The summed E-state index contributed by atoms with van der Waals surface area (Å²) in [6.07, 6.45) is 0.759. The van der Waals surface area contributed by atoms with E-state index in [-0.39, 0.29) is 23.0 Å². The number of carboxylic acids is 1. The first kappa shape index (κ1) is 14.2. The Kier molecular flexibility index (Phi) is 4.47. The summed E-state index contributed by atoms with van der Waals surface area (Å²) < 4.78 is 12.7. The number of carbonyl (C=O) groups is 2. The highest BCUT2D eigenvalue weighted by Crippen LogP contribution is 2.22. The first-order chi connectivity index (χ1) is 9.54. The average molecular weight is 293 g/mol. The molecule has 0 saturated heterocycles. The van der Waals surface area contributed by atoms with E-state index in [1.807, 2.05) is 0 Å². The van der Waals surface area contributed by atoms with E-state index in [0.29, 0.717) is 11.4 Å². The minimum atomic E-state index is -1.01. The molecule has 0 bridgehead atoms. The van der Waals surface area contributed by atoms with Crippen molar-refractivity contribution < 1.29 is 19.1 Å². The van der Waals surface area contributed by atoms with Gasteiger partial charge in [-0.25, -0.2) is 9.18 Å². The zero-order chi connectivity index (χ0) is 14.5. The maximum Gasteiger partial charge on any atom is 0.345 e. The van der Waals surface area contributed by atoms with Crippen molar-refractivity contribution in [2.24, 2.45) is 0 Å². The summed E-state index contributed by atoms with van der Waals surface area (Å²) in [6.45, 7) is 0. The highest BCUT2D eigenvalue weighted by atomic mass is 32.1. The van der Waals surface area contributed by atoms with Crippen molar-refractivity contribution in [1.29, 1.82) is 0 Å². The topological polar surface area (TPSA) is 66.4 Å². The van der Waals surface area contributed by atoms with Crippen molar-refractivity contribution in [2.45, 2.75) is 12.8 Å². The minimum absolute atomic E-state index is 0.179. The predicted molar refractivity (Wildman–Crippen MR) is 74.6 cm³/mol. The van der Waals surface area contributed by atoms with Gasteiger partial charge in [-0.2, -0.15) is 0 Å². The SMILES string of the molecule is O=C(CCc1ccc(F)cc1)Nc1ccc(C(=O)O)s1. The summed E-state index contributed by atoms with van der Waals surface area (Å²) in [5.74, 6) is -1.52. The third-order valence-electron chi connectivity index (χ3n) is 2.63. The van der Waals surface area contributed by atoms with Gasteiger partial charge in [-0.1, -0.05) is 12.1 Å². The Morgan fingerprint density at radius 1 is 1.15 bits per heavy atom. The molecule has 0 aliphatic heterocycles. The molecular weight excluding hydrogens is 281 g/mol. The maximum atomic E-state index is 12.7. The number of rotatable bonds is 5. The van der Waals surface area contributed by atoms with Crippen LogP contribution in [0.3, 0.4) is 0 Å². The predicted octanol–water partition coefficient (Wildman–Crippen LogP) is 3.16. The number of anilines is 1. The van der Waals surface area contributed by atoms with Crippen molar-refractivity contribution in [3.63, 3.8) is 0 Å². The van der Waals surface area contributed by atoms with Crippen LogP contribution in [0.5, 0.6) is 0 Å². The number of aromatic carboxylic acids is 1. The molecule has 0 atom stereocenters.